The van der Waals surface area contributed by atoms with Gasteiger partial charge < -0.3 is 15.7 Å². The van der Waals surface area contributed by atoms with Crippen molar-refractivity contribution >= 4 is 39.7 Å². The summed E-state index contributed by atoms with van der Waals surface area (Å²) in [5, 5.41) is 12.4. The average molecular weight is 519 g/mol. The molecule has 0 saturated heterocycles. The van der Waals surface area contributed by atoms with Gasteiger partial charge >= 0.3 is 6.18 Å². The van der Waals surface area contributed by atoms with E-state index >= 15 is 0 Å². The Hall–Kier alpha value is -2.62. The number of nitrogens with one attached hydrogen (secondary N) is 2. The fourth-order valence-corrected chi connectivity index (χ4v) is 4.34. The third-order valence-corrected chi connectivity index (χ3v) is 5.99. The van der Waals surface area contributed by atoms with Gasteiger partial charge in [0.05, 0.1) is 11.3 Å². The normalized spacial score (nSPS) is 18.2. The van der Waals surface area contributed by atoms with Crippen LogP contribution in [0.15, 0.2) is 40.9 Å². The van der Waals surface area contributed by atoms with E-state index < -0.39 is 17.6 Å². The Labute approximate surface area is 191 Å². The number of rotatable bonds is 4. The Bertz CT molecular complexity index is 953. The zero-order valence-electron chi connectivity index (χ0n) is 17.2. The first-order valence-electron chi connectivity index (χ1n) is 9.83. The number of carboxylic acid groups (broad SMARTS) is 1. The van der Waals surface area contributed by atoms with Gasteiger partial charge in [0.2, 0.25) is 5.91 Å². The number of benzene rings is 2. The maximum Gasteiger partial charge on any atom is 0.416 e. The van der Waals surface area contributed by atoms with Gasteiger partial charge in [0.1, 0.15) is 5.82 Å². The lowest BCUT2D eigenvalue weighted by molar-refractivity contribution is -0.137. The molecule has 3 rings (SSSR count). The molecule has 0 heterocycles. The van der Waals surface area contributed by atoms with Gasteiger partial charge in [0, 0.05) is 23.1 Å². The number of carbonyl (C=O) groups excluding carboxylic acids is 1. The summed E-state index contributed by atoms with van der Waals surface area (Å²) in [6, 6.07) is 8.16. The summed E-state index contributed by atoms with van der Waals surface area (Å²) in [7, 11) is 1.83. The largest absolute Gasteiger partial charge is 0.483 e. The van der Waals surface area contributed by atoms with Crippen molar-refractivity contribution in [3.8, 4) is 0 Å². The molecule has 1 saturated carbocycles. The molecule has 2 aromatic rings. The van der Waals surface area contributed by atoms with Gasteiger partial charge in [-0.05, 0) is 77.0 Å². The highest BCUT2D eigenvalue weighted by Crippen LogP contribution is 2.39. The smallest absolute Gasteiger partial charge is 0.416 e. The monoisotopic (exact) mass is 518 g/mol. The van der Waals surface area contributed by atoms with Crippen LogP contribution in [-0.4, -0.2) is 24.5 Å². The summed E-state index contributed by atoms with van der Waals surface area (Å²) in [5.41, 5.74) is 0.776. The molecule has 0 radical (unpaired) electrons. The molecule has 32 heavy (non-hydrogen) atoms. The second-order valence-corrected chi connectivity index (χ2v) is 8.19. The van der Waals surface area contributed by atoms with Crippen LogP contribution in [0.5, 0.6) is 0 Å². The molecule has 1 amide bonds. The summed E-state index contributed by atoms with van der Waals surface area (Å²) in [6.45, 7) is -0.250. The fraction of sp³-hybridized carbons (Fsp3) is 0.364. The summed E-state index contributed by atoms with van der Waals surface area (Å²) in [6.07, 6.45) is -1.55. The number of amides is 1. The van der Waals surface area contributed by atoms with Crippen molar-refractivity contribution in [2.75, 3.05) is 17.7 Å². The van der Waals surface area contributed by atoms with Gasteiger partial charge in [-0.25, -0.2) is 4.39 Å². The molecular weight excluding hydrogens is 496 g/mol. The van der Waals surface area contributed by atoms with Gasteiger partial charge in [0.25, 0.3) is 6.47 Å². The van der Waals surface area contributed by atoms with Crippen LogP contribution in [0.4, 0.5) is 28.9 Å². The molecule has 1 aliphatic rings. The molecule has 2 unspecified atom stereocenters. The van der Waals surface area contributed by atoms with Crippen molar-refractivity contribution in [3.05, 3.63) is 57.8 Å². The molecule has 2 aromatic carbocycles. The third kappa shape index (κ3) is 6.69. The van der Waals surface area contributed by atoms with E-state index in [-0.39, 0.29) is 29.9 Å². The van der Waals surface area contributed by atoms with Crippen molar-refractivity contribution in [2.24, 2.45) is 5.92 Å². The minimum Gasteiger partial charge on any atom is -0.483 e. The molecule has 3 N–H and O–H groups in total. The quantitative estimate of drug-likeness (QED) is 0.329. The lowest BCUT2D eigenvalue weighted by Crippen LogP contribution is -2.28. The van der Waals surface area contributed by atoms with Gasteiger partial charge in [-0.1, -0.05) is 12.5 Å². The van der Waals surface area contributed by atoms with Crippen LogP contribution in [0.3, 0.4) is 0 Å². The van der Waals surface area contributed by atoms with E-state index in [4.69, 9.17) is 9.90 Å². The topological polar surface area (TPSA) is 78.4 Å². The standard InChI is InChI=1S/C21H21BrF4N2O.CH2O2/c1-27-18-7-5-13(10-16(18)22)12-3-2-4-14(9-12)20(29)28-19-8-6-15(11-17(19)23)21(24,25)26;2-1-3/h5-8,10-12,14,27H,2-4,9H2,1H3,(H,28,29);1H,(H,2,3). The fourth-order valence-electron chi connectivity index (χ4n) is 3.75. The molecular formula is C22H23BrF4N2O3. The summed E-state index contributed by atoms with van der Waals surface area (Å²) >= 11 is 3.53. The van der Waals surface area contributed by atoms with Gasteiger partial charge in [0.15, 0.2) is 0 Å². The van der Waals surface area contributed by atoms with Crippen LogP contribution < -0.4 is 10.6 Å². The minimum atomic E-state index is -4.63. The molecule has 10 heteroatoms. The molecule has 5 nitrogen and oxygen atoms in total. The van der Waals surface area contributed by atoms with Crippen LogP contribution in [0.25, 0.3) is 0 Å². The molecule has 1 fully saturated rings. The maximum absolute atomic E-state index is 14.0. The van der Waals surface area contributed by atoms with Crippen LogP contribution >= 0.6 is 15.9 Å². The van der Waals surface area contributed by atoms with Crippen molar-refractivity contribution in [1.29, 1.82) is 0 Å². The van der Waals surface area contributed by atoms with E-state index in [1.807, 2.05) is 25.2 Å². The van der Waals surface area contributed by atoms with Gasteiger partial charge in [-0.15, -0.1) is 0 Å². The van der Waals surface area contributed by atoms with E-state index in [0.717, 1.165) is 40.7 Å². The molecule has 0 spiro atoms. The Morgan fingerprint density at radius 1 is 1.16 bits per heavy atom. The molecule has 174 valence electrons. The van der Waals surface area contributed by atoms with E-state index in [1.165, 1.54) is 0 Å². The average Bonchev–Trinajstić information content (AvgIpc) is 2.75. The van der Waals surface area contributed by atoms with Crippen LogP contribution in [0, 0.1) is 11.7 Å². The Morgan fingerprint density at radius 2 is 1.81 bits per heavy atom. The van der Waals surface area contributed by atoms with Gasteiger partial charge in [-0.2, -0.15) is 13.2 Å². The van der Waals surface area contributed by atoms with Crippen LogP contribution in [-0.2, 0) is 15.8 Å². The number of alkyl halides is 3. The summed E-state index contributed by atoms with van der Waals surface area (Å²) < 4.78 is 53.0. The zero-order valence-corrected chi connectivity index (χ0v) is 18.8. The van der Waals surface area contributed by atoms with Crippen LogP contribution in [0.2, 0.25) is 0 Å². The number of hydrogen-bond donors (Lipinski definition) is 3. The van der Waals surface area contributed by atoms with Crippen molar-refractivity contribution in [3.63, 3.8) is 0 Å². The summed E-state index contributed by atoms with van der Waals surface area (Å²) in [4.78, 5) is 21.0. The predicted octanol–water partition coefficient (Wildman–Crippen LogP) is 6.26. The van der Waals surface area contributed by atoms with E-state index in [1.54, 1.807) is 0 Å². The lowest BCUT2D eigenvalue weighted by Gasteiger charge is -2.29. The highest BCUT2D eigenvalue weighted by Gasteiger charge is 2.32. The first kappa shape index (κ1) is 25.6. The Morgan fingerprint density at radius 3 is 2.38 bits per heavy atom. The Balaban J connectivity index is 0.00000114. The zero-order chi connectivity index (χ0) is 23.9. The lowest BCUT2D eigenvalue weighted by atomic mass is 9.77. The first-order valence-corrected chi connectivity index (χ1v) is 10.6. The van der Waals surface area contributed by atoms with E-state index in [0.29, 0.717) is 18.9 Å². The third-order valence-electron chi connectivity index (χ3n) is 5.33. The molecule has 0 bridgehead atoms. The van der Waals surface area contributed by atoms with E-state index in [2.05, 4.69) is 26.6 Å². The minimum absolute atomic E-state index is 0.194. The molecule has 2 atom stereocenters. The summed E-state index contributed by atoms with van der Waals surface area (Å²) in [5.74, 6) is -1.58. The van der Waals surface area contributed by atoms with Crippen molar-refractivity contribution < 1.29 is 32.3 Å². The molecule has 1 aliphatic carbocycles. The van der Waals surface area contributed by atoms with Gasteiger partial charge in [-0.3, -0.25) is 9.59 Å². The highest BCUT2D eigenvalue weighted by molar-refractivity contribution is 9.10. The number of carbonyl (C=O) groups is 2. The molecule has 0 aliphatic heterocycles. The Kier molecular flexibility index (Phi) is 9.06. The van der Waals surface area contributed by atoms with Crippen molar-refractivity contribution in [2.45, 2.75) is 37.8 Å². The number of hydrogen-bond acceptors (Lipinski definition) is 3. The predicted molar refractivity (Wildman–Crippen MR) is 117 cm³/mol. The van der Waals surface area contributed by atoms with E-state index in [9.17, 15) is 22.4 Å². The first-order chi connectivity index (χ1) is 15.1. The maximum atomic E-state index is 14.0. The molecule has 0 aromatic heterocycles. The van der Waals surface area contributed by atoms with Crippen molar-refractivity contribution in [1.82, 2.24) is 0 Å². The second kappa shape index (κ2) is 11.3. The SMILES string of the molecule is CNc1ccc(C2CCCC(C(=O)Nc3ccc(C(F)(F)F)cc3F)C2)cc1Br.O=CO. The number of halogens is 5. The number of anilines is 2. The second-order valence-electron chi connectivity index (χ2n) is 7.34. The van der Waals surface area contributed by atoms with Crippen LogP contribution in [0.1, 0.15) is 42.7 Å². The highest BCUT2D eigenvalue weighted by atomic mass is 79.9.